The van der Waals surface area contributed by atoms with Gasteiger partial charge in [-0.15, -0.1) is 0 Å². The Kier molecular flexibility index (Phi) is 5.25. The molecule has 0 radical (unpaired) electrons. The summed E-state index contributed by atoms with van der Waals surface area (Å²) < 4.78 is 13.0. The molecule has 1 unspecified atom stereocenters. The third-order valence-electron chi connectivity index (χ3n) is 3.17. The van der Waals surface area contributed by atoms with Gasteiger partial charge in [0, 0.05) is 5.56 Å². The molecule has 114 valence electrons. The fourth-order valence-electron chi connectivity index (χ4n) is 2.01. The Morgan fingerprint density at radius 1 is 1.09 bits per heavy atom. The zero-order chi connectivity index (χ0) is 15.9. The summed E-state index contributed by atoms with van der Waals surface area (Å²) >= 11 is 0. The third-order valence-corrected chi connectivity index (χ3v) is 3.17. The highest BCUT2D eigenvalue weighted by molar-refractivity contribution is 5.96. The van der Waals surface area contributed by atoms with E-state index in [-0.39, 0.29) is 24.1 Å². The van der Waals surface area contributed by atoms with Gasteiger partial charge < -0.3 is 10.6 Å². The van der Waals surface area contributed by atoms with Crippen LogP contribution in [0.15, 0.2) is 54.6 Å². The second-order valence-electron chi connectivity index (χ2n) is 4.89. The van der Waals surface area contributed by atoms with Gasteiger partial charge in [0.2, 0.25) is 5.91 Å². The molecule has 2 amide bonds. The summed E-state index contributed by atoms with van der Waals surface area (Å²) in [6, 6.07) is 14.7. The maximum Gasteiger partial charge on any atom is 0.251 e. The van der Waals surface area contributed by atoms with Gasteiger partial charge in [0.25, 0.3) is 5.91 Å². The molecule has 0 bridgehead atoms. The molecule has 1 atom stereocenters. The number of amides is 2. The van der Waals surface area contributed by atoms with Crippen LogP contribution < -0.4 is 10.6 Å². The fourth-order valence-corrected chi connectivity index (χ4v) is 2.01. The first-order chi connectivity index (χ1) is 10.6. The molecule has 4 nitrogen and oxygen atoms in total. The lowest BCUT2D eigenvalue weighted by atomic mass is 10.1. The molecule has 0 saturated heterocycles. The largest absolute Gasteiger partial charge is 0.348 e. The fraction of sp³-hybridized carbons (Fsp3) is 0.176. The second kappa shape index (κ2) is 7.36. The lowest BCUT2D eigenvalue weighted by molar-refractivity contribution is -0.120. The van der Waals surface area contributed by atoms with Crippen LogP contribution in [-0.2, 0) is 4.79 Å². The second-order valence-corrected chi connectivity index (χ2v) is 4.89. The number of nitrogens with one attached hydrogen (secondary N) is 2. The van der Waals surface area contributed by atoms with Crippen LogP contribution in [-0.4, -0.2) is 18.4 Å². The minimum absolute atomic E-state index is 0.153. The number of carbonyl (C=O) groups excluding carboxylic acids is 2. The Bertz CT molecular complexity index is 659. The standard InChI is InChI=1S/C17H17FN2O2/c1-12(13-6-3-2-4-7-13)20-16(21)11-19-17(22)14-8-5-9-15(18)10-14/h2-10,12H,11H2,1H3,(H,19,22)(H,20,21). The Labute approximate surface area is 128 Å². The molecule has 0 aliphatic rings. The van der Waals surface area contributed by atoms with Crippen LogP contribution >= 0.6 is 0 Å². The molecule has 0 saturated carbocycles. The number of hydrogen-bond donors (Lipinski definition) is 2. The summed E-state index contributed by atoms with van der Waals surface area (Å²) in [5.74, 6) is -1.28. The molecular formula is C17H17FN2O2. The normalized spacial score (nSPS) is 11.5. The first-order valence-corrected chi connectivity index (χ1v) is 6.94. The summed E-state index contributed by atoms with van der Waals surface area (Å²) in [5.41, 5.74) is 1.16. The molecule has 0 aliphatic carbocycles. The molecule has 0 fully saturated rings. The Hall–Kier alpha value is -2.69. The molecule has 22 heavy (non-hydrogen) atoms. The monoisotopic (exact) mass is 300 g/mol. The van der Waals surface area contributed by atoms with Crippen molar-refractivity contribution in [1.29, 1.82) is 0 Å². The highest BCUT2D eigenvalue weighted by atomic mass is 19.1. The highest BCUT2D eigenvalue weighted by Crippen LogP contribution is 2.10. The summed E-state index contributed by atoms with van der Waals surface area (Å²) in [6.07, 6.45) is 0. The summed E-state index contributed by atoms with van der Waals surface area (Å²) in [5, 5.41) is 5.25. The third kappa shape index (κ3) is 4.41. The topological polar surface area (TPSA) is 58.2 Å². The van der Waals surface area contributed by atoms with Gasteiger partial charge in [0.1, 0.15) is 5.82 Å². The van der Waals surface area contributed by atoms with E-state index in [1.54, 1.807) is 0 Å². The van der Waals surface area contributed by atoms with E-state index in [0.29, 0.717) is 0 Å². The quantitative estimate of drug-likeness (QED) is 0.891. The first-order valence-electron chi connectivity index (χ1n) is 6.94. The molecule has 2 N–H and O–H groups in total. The molecule has 0 aliphatic heterocycles. The molecule has 5 heteroatoms. The van der Waals surface area contributed by atoms with E-state index in [0.717, 1.165) is 11.6 Å². The van der Waals surface area contributed by atoms with Crippen LogP contribution in [0.25, 0.3) is 0 Å². The van der Waals surface area contributed by atoms with Crippen molar-refractivity contribution in [2.24, 2.45) is 0 Å². The van der Waals surface area contributed by atoms with Crippen molar-refractivity contribution in [2.75, 3.05) is 6.54 Å². The minimum atomic E-state index is -0.491. The van der Waals surface area contributed by atoms with Gasteiger partial charge in [-0.3, -0.25) is 9.59 Å². The van der Waals surface area contributed by atoms with E-state index >= 15 is 0 Å². The molecule has 2 rings (SSSR count). The highest BCUT2D eigenvalue weighted by Gasteiger charge is 2.11. The van der Waals surface area contributed by atoms with Crippen molar-refractivity contribution in [3.63, 3.8) is 0 Å². The van der Waals surface area contributed by atoms with Crippen molar-refractivity contribution in [3.8, 4) is 0 Å². The average molecular weight is 300 g/mol. The minimum Gasteiger partial charge on any atom is -0.348 e. The Morgan fingerprint density at radius 3 is 2.50 bits per heavy atom. The van der Waals surface area contributed by atoms with E-state index in [1.807, 2.05) is 37.3 Å². The summed E-state index contributed by atoms with van der Waals surface area (Å²) in [6.45, 7) is 1.70. The van der Waals surface area contributed by atoms with Crippen LogP contribution in [0.2, 0.25) is 0 Å². The summed E-state index contributed by atoms with van der Waals surface area (Å²) in [4.78, 5) is 23.6. The van der Waals surface area contributed by atoms with Gasteiger partial charge >= 0.3 is 0 Å². The number of hydrogen-bond acceptors (Lipinski definition) is 2. The summed E-state index contributed by atoms with van der Waals surface area (Å²) in [7, 11) is 0. The van der Waals surface area contributed by atoms with Crippen LogP contribution in [0.4, 0.5) is 4.39 Å². The van der Waals surface area contributed by atoms with Gasteiger partial charge in [-0.1, -0.05) is 36.4 Å². The lowest BCUT2D eigenvalue weighted by Gasteiger charge is -2.14. The molecule has 2 aromatic rings. The molecule has 0 heterocycles. The van der Waals surface area contributed by atoms with E-state index in [2.05, 4.69) is 10.6 Å². The maximum atomic E-state index is 13.0. The van der Waals surface area contributed by atoms with Gasteiger partial charge in [-0.05, 0) is 30.7 Å². The van der Waals surface area contributed by atoms with Crippen molar-refractivity contribution in [3.05, 3.63) is 71.5 Å². The lowest BCUT2D eigenvalue weighted by Crippen LogP contribution is -2.38. The van der Waals surface area contributed by atoms with E-state index in [9.17, 15) is 14.0 Å². The molecular weight excluding hydrogens is 283 g/mol. The zero-order valence-electron chi connectivity index (χ0n) is 12.2. The first kappa shape index (κ1) is 15.7. The van der Waals surface area contributed by atoms with Crippen molar-refractivity contribution < 1.29 is 14.0 Å². The van der Waals surface area contributed by atoms with Crippen LogP contribution in [0.3, 0.4) is 0 Å². The zero-order valence-corrected chi connectivity index (χ0v) is 12.2. The van der Waals surface area contributed by atoms with Gasteiger partial charge in [0.05, 0.1) is 12.6 Å². The number of rotatable bonds is 5. The van der Waals surface area contributed by atoms with Crippen molar-refractivity contribution in [2.45, 2.75) is 13.0 Å². The molecule has 0 aromatic heterocycles. The number of benzene rings is 2. The molecule has 0 spiro atoms. The maximum absolute atomic E-state index is 13.0. The van der Waals surface area contributed by atoms with Gasteiger partial charge in [-0.25, -0.2) is 4.39 Å². The van der Waals surface area contributed by atoms with Crippen LogP contribution in [0, 0.1) is 5.82 Å². The van der Waals surface area contributed by atoms with Crippen LogP contribution in [0.1, 0.15) is 28.9 Å². The van der Waals surface area contributed by atoms with Gasteiger partial charge in [0.15, 0.2) is 0 Å². The van der Waals surface area contributed by atoms with Crippen LogP contribution in [0.5, 0.6) is 0 Å². The average Bonchev–Trinajstić information content (AvgIpc) is 2.53. The smallest absolute Gasteiger partial charge is 0.251 e. The Morgan fingerprint density at radius 2 is 1.82 bits per heavy atom. The predicted octanol–water partition coefficient (Wildman–Crippen LogP) is 2.43. The van der Waals surface area contributed by atoms with E-state index in [4.69, 9.17) is 0 Å². The van der Waals surface area contributed by atoms with E-state index < -0.39 is 11.7 Å². The molecule has 2 aromatic carbocycles. The van der Waals surface area contributed by atoms with Gasteiger partial charge in [-0.2, -0.15) is 0 Å². The van der Waals surface area contributed by atoms with Crippen molar-refractivity contribution >= 4 is 11.8 Å². The Balaban J connectivity index is 1.84. The number of carbonyl (C=O) groups is 2. The van der Waals surface area contributed by atoms with E-state index in [1.165, 1.54) is 18.2 Å². The number of halogens is 1. The SMILES string of the molecule is CC(NC(=O)CNC(=O)c1cccc(F)c1)c1ccccc1. The van der Waals surface area contributed by atoms with Crippen molar-refractivity contribution in [1.82, 2.24) is 10.6 Å². The predicted molar refractivity (Wildman–Crippen MR) is 81.7 cm³/mol.